The number of carbonyl (C=O) groups is 2. The molecule has 164 valence electrons. The number of amides is 2. The summed E-state index contributed by atoms with van der Waals surface area (Å²) >= 11 is 0. The predicted molar refractivity (Wildman–Crippen MR) is 109 cm³/mol. The zero-order valence-corrected chi connectivity index (χ0v) is 16.8. The number of ether oxygens (including phenoxy) is 1. The SMILES string of the molecule is CC(=O)NC(Cc1c[nH]c2ccccc12)C(=O)NCc1ccc(OCC(F)(F)F)cc1. The van der Waals surface area contributed by atoms with Gasteiger partial charge in [0.25, 0.3) is 0 Å². The normalized spacial score (nSPS) is 12.4. The summed E-state index contributed by atoms with van der Waals surface area (Å²) in [6.07, 6.45) is -2.29. The van der Waals surface area contributed by atoms with Crippen molar-refractivity contribution >= 4 is 22.7 Å². The number of fused-ring (bicyclic) bond motifs is 1. The molecule has 0 radical (unpaired) electrons. The number of aromatic amines is 1. The summed E-state index contributed by atoms with van der Waals surface area (Å²) in [5.74, 6) is -0.605. The van der Waals surface area contributed by atoms with Crippen LogP contribution in [0, 0.1) is 0 Å². The zero-order valence-electron chi connectivity index (χ0n) is 16.8. The molecule has 0 bridgehead atoms. The number of aromatic nitrogens is 1. The molecule has 0 spiro atoms. The molecular weight excluding hydrogens is 411 g/mol. The summed E-state index contributed by atoms with van der Waals surface area (Å²) in [5, 5.41) is 6.40. The molecule has 3 rings (SSSR count). The fourth-order valence-electron chi connectivity index (χ4n) is 3.16. The predicted octanol–water partition coefficient (Wildman–Crippen LogP) is 3.47. The number of benzene rings is 2. The van der Waals surface area contributed by atoms with E-state index in [1.54, 1.807) is 12.1 Å². The maximum absolute atomic E-state index is 12.7. The minimum atomic E-state index is -4.41. The van der Waals surface area contributed by atoms with Crippen molar-refractivity contribution in [1.29, 1.82) is 0 Å². The topological polar surface area (TPSA) is 83.2 Å². The second-order valence-corrected chi connectivity index (χ2v) is 7.08. The Kier molecular flexibility index (Phi) is 6.84. The molecule has 3 N–H and O–H groups in total. The minimum absolute atomic E-state index is 0.0860. The number of rotatable bonds is 8. The maximum Gasteiger partial charge on any atom is 0.422 e. The van der Waals surface area contributed by atoms with Crippen molar-refractivity contribution in [2.45, 2.75) is 32.1 Å². The molecule has 2 amide bonds. The molecule has 9 heteroatoms. The van der Waals surface area contributed by atoms with Crippen molar-refractivity contribution in [1.82, 2.24) is 15.6 Å². The minimum Gasteiger partial charge on any atom is -0.484 e. The Bertz CT molecular complexity index is 1050. The monoisotopic (exact) mass is 433 g/mol. The van der Waals surface area contributed by atoms with E-state index < -0.39 is 18.8 Å². The van der Waals surface area contributed by atoms with Gasteiger partial charge in [0.05, 0.1) is 0 Å². The van der Waals surface area contributed by atoms with Gasteiger partial charge in [-0.1, -0.05) is 30.3 Å². The molecule has 0 aliphatic rings. The highest BCUT2D eigenvalue weighted by Gasteiger charge is 2.28. The van der Waals surface area contributed by atoms with Crippen molar-refractivity contribution in [3.63, 3.8) is 0 Å². The number of alkyl halides is 3. The summed E-state index contributed by atoms with van der Waals surface area (Å²) in [6.45, 7) is 0.132. The third-order valence-electron chi connectivity index (χ3n) is 4.59. The molecule has 2 aromatic carbocycles. The number of halogens is 3. The Morgan fingerprint density at radius 1 is 1.10 bits per heavy atom. The van der Waals surface area contributed by atoms with Crippen LogP contribution in [0.2, 0.25) is 0 Å². The maximum atomic E-state index is 12.7. The summed E-state index contributed by atoms with van der Waals surface area (Å²) in [5.41, 5.74) is 2.52. The van der Waals surface area contributed by atoms with E-state index in [1.807, 2.05) is 30.5 Å². The second-order valence-electron chi connectivity index (χ2n) is 7.08. The van der Waals surface area contributed by atoms with Gasteiger partial charge in [0.1, 0.15) is 11.8 Å². The third kappa shape index (κ3) is 6.50. The van der Waals surface area contributed by atoms with Crippen LogP contribution in [-0.4, -0.2) is 35.6 Å². The second kappa shape index (κ2) is 9.55. The molecule has 0 saturated carbocycles. The number of hydrogen-bond donors (Lipinski definition) is 3. The number of hydrogen-bond acceptors (Lipinski definition) is 3. The first-order chi connectivity index (χ1) is 14.7. The van der Waals surface area contributed by atoms with Crippen LogP contribution in [0.4, 0.5) is 13.2 Å². The van der Waals surface area contributed by atoms with E-state index in [1.165, 1.54) is 19.1 Å². The number of para-hydroxylation sites is 1. The average molecular weight is 433 g/mol. The van der Waals surface area contributed by atoms with Crippen molar-refractivity contribution in [3.05, 3.63) is 65.9 Å². The van der Waals surface area contributed by atoms with Gasteiger partial charge in [-0.15, -0.1) is 0 Å². The summed E-state index contributed by atoms with van der Waals surface area (Å²) in [7, 11) is 0. The zero-order chi connectivity index (χ0) is 22.4. The molecule has 6 nitrogen and oxygen atoms in total. The van der Waals surface area contributed by atoms with Gasteiger partial charge in [0.15, 0.2) is 6.61 Å². The Morgan fingerprint density at radius 3 is 2.48 bits per heavy atom. The van der Waals surface area contributed by atoms with Crippen LogP contribution in [0.15, 0.2) is 54.7 Å². The first kappa shape index (κ1) is 22.2. The average Bonchev–Trinajstić information content (AvgIpc) is 3.13. The molecule has 1 atom stereocenters. The van der Waals surface area contributed by atoms with Crippen molar-refractivity contribution in [3.8, 4) is 5.75 Å². The number of H-pyrrole nitrogens is 1. The van der Waals surface area contributed by atoms with Crippen LogP contribution < -0.4 is 15.4 Å². The Balaban J connectivity index is 1.61. The molecule has 1 aromatic heterocycles. The lowest BCUT2D eigenvalue weighted by Crippen LogP contribution is -2.47. The van der Waals surface area contributed by atoms with Gasteiger partial charge in [0, 0.05) is 37.0 Å². The van der Waals surface area contributed by atoms with Gasteiger partial charge in [-0.2, -0.15) is 13.2 Å². The summed E-state index contributed by atoms with van der Waals surface area (Å²) in [6, 6.07) is 12.8. The lowest BCUT2D eigenvalue weighted by Gasteiger charge is -2.17. The number of nitrogens with one attached hydrogen (secondary N) is 3. The van der Waals surface area contributed by atoms with E-state index in [2.05, 4.69) is 20.4 Å². The van der Waals surface area contributed by atoms with E-state index in [-0.39, 0.29) is 24.1 Å². The van der Waals surface area contributed by atoms with Crippen LogP contribution in [0.5, 0.6) is 5.75 Å². The van der Waals surface area contributed by atoms with Crippen molar-refractivity contribution in [2.24, 2.45) is 0 Å². The van der Waals surface area contributed by atoms with E-state index in [9.17, 15) is 22.8 Å². The Morgan fingerprint density at radius 2 is 1.81 bits per heavy atom. The quantitative estimate of drug-likeness (QED) is 0.509. The highest BCUT2D eigenvalue weighted by atomic mass is 19.4. The molecule has 3 aromatic rings. The first-order valence-corrected chi connectivity index (χ1v) is 9.59. The van der Waals surface area contributed by atoms with Gasteiger partial charge >= 0.3 is 6.18 Å². The molecule has 1 heterocycles. The molecule has 31 heavy (non-hydrogen) atoms. The lowest BCUT2D eigenvalue weighted by molar-refractivity contribution is -0.153. The van der Waals surface area contributed by atoms with Crippen LogP contribution in [0.1, 0.15) is 18.1 Å². The van der Waals surface area contributed by atoms with Crippen LogP contribution in [-0.2, 0) is 22.6 Å². The van der Waals surface area contributed by atoms with Crippen LogP contribution in [0.3, 0.4) is 0 Å². The van der Waals surface area contributed by atoms with Gasteiger partial charge < -0.3 is 20.4 Å². The van der Waals surface area contributed by atoms with Gasteiger partial charge in [-0.05, 0) is 29.3 Å². The Hall–Kier alpha value is -3.49. The first-order valence-electron chi connectivity index (χ1n) is 9.59. The largest absolute Gasteiger partial charge is 0.484 e. The van der Waals surface area contributed by atoms with E-state index in [0.29, 0.717) is 12.0 Å². The molecule has 1 unspecified atom stereocenters. The standard InChI is InChI=1S/C22H22F3N3O3/c1-14(29)28-20(10-16-12-26-19-5-3-2-4-18(16)19)21(30)27-11-15-6-8-17(9-7-15)31-13-22(23,24)25/h2-9,12,20,26H,10-11,13H2,1H3,(H,27,30)(H,28,29). The van der Waals surface area contributed by atoms with Gasteiger partial charge in [-0.25, -0.2) is 0 Å². The molecule has 0 saturated heterocycles. The number of carbonyl (C=O) groups excluding carboxylic acids is 2. The molecular formula is C22H22F3N3O3. The van der Waals surface area contributed by atoms with Crippen LogP contribution >= 0.6 is 0 Å². The van der Waals surface area contributed by atoms with Crippen LogP contribution in [0.25, 0.3) is 10.9 Å². The summed E-state index contributed by atoms with van der Waals surface area (Å²) in [4.78, 5) is 27.5. The third-order valence-corrected chi connectivity index (χ3v) is 4.59. The van der Waals surface area contributed by atoms with Crippen molar-refractivity contribution < 1.29 is 27.5 Å². The Labute approximate surface area is 176 Å². The molecule has 0 fully saturated rings. The highest BCUT2D eigenvalue weighted by Crippen LogP contribution is 2.20. The molecule has 0 aliphatic heterocycles. The van der Waals surface area contributed by atoms with Gasteiger partial charge in [0.2, 0.25) is 11.8 Å². The fourth-order valence-corrected chi connectivity index (χ4v) is 3.16. The highest BCUT2D eigenvalue weighted by molar-refractivity contribution is 5.89. The van der Waals surface area contributed by atoms with E-state index >= 15 is 0 Å². The van der Waals surface area contributed by atoms with Gasteiger partial charge in [-0.3, -0.25) is 9.59 Å². The fraction of sp³-hybridized carbons (Fsp3) is 0.273. The van der Waals surface area contributed by atoms with E-state index in [0.717, 1.165) is 16.5 Å². The molecule has 0 aliphatic carbocycles. The lowest BCUT2D eigenvalue weighted by atomic mass is 10.0. The van der Waals surface area contributed by atoms with E-state index in [4.69, 9.17) is 0 Å². The van der Waals surface area contributed by atoms with Crippen molar-refractivity contribution in [2.75, 3.05) is 6.61 Å². The summed E-state index contributed by atoms with van der Waals surface area (Å²) < 4.78 is 41.3. The smallest absolute Gasteiger partial charge is 0.422 e.